The van der Waals surface area contributed by atoms with Crippen molar-refractivity contribution >= 4 is 11.9 Å². The lowest BCUT2D eigenvalue weighted by Crippen LogP contribution is -2.51. The topological polar surface area (TPSA) is 82.7 Å². The van der Waals surface area contributed by atoms with E-state index in [9.17, 15) is 4.79 Å². The largest absolute Gasteiger partial charge is 0.387 e. The minimum Gasteiger partial charge on any atom is -0.387 e. The van der Waals surface area contributed by atoms with E-state index in [1.54, 1.807) is 0 Å². The number of rotatable bonds is 1. The molecule has 0 bridgehead atoms. The minimum absolute atomic E-state index is 0.107. The molecule has 0 spiro atoms. The molecule has 2 amide bonds. The van der Waals surface area contributed by atoms with Gasteiger partial charge in [-0.2, -0.15) is 0 Å². The summed E-state index contributed by atoms with van der Waals surface area (Å²) in [6, 6.07) is 0.107. The number of nitrogens with zero attached hydrogens (tertiary/aromatic N) is 2. The third-order valence-electron chi connectivity index (χ3n) is 3.49. The van der Waals surface area contributed by atoms with Gasteiger partial charge in [-0.25, -0.2) is 4.79 Å². The van der Waals surface area contributed by atoms with Crippen LogP contribution in [0.5, 0.6) is 0 Å². The number of likely N-dealkylation sites (tertiary alicyclic amines) is 1. The summed E-state index contributed by atoms with van der Waals surface area (Å²) >= 11 is 0. The van der Waals surface area contributed by atoms with E-state index in [0.29, 0.717) is 39.4 Å². The number of piperidine rings is 1. The molecule has 0 aromatic heterocycles. The highest BCUT2D eigenvalue weighted by molar-refractivity contribution is 5.80. The number of morpholine rings is 1. The standard InChI is InChI=1S/C11H20N4O2/c12-10(13)9-1-3-14(4-2-9)11(16)15-5-7-17-8-6-15/h9H,1-8H2,(H3,12,13). The summed E-state index contributed by atoms with van der Waals surface area (Å²) in [7, 11) is 0. The van der Waals surface area contributed by atoms with Gasteiger partial charge in [-0.15, -0.1) is 0 Å². The van der Waals surface area contributed by atoms with Crippen molar-refractivity contribution in [3.05, 3.63) is 0 Å². The first-order valence-electron chi connectivity index (χ1n) is 6.14. The highest BCUT2D eigenvalue weighted by atomic mass is 16.5. The van der Waals surface area contributed by atoms with Crippen LogP contribution in [-0.4, -0.2) is 61.1 Å². The average molecular weight is 240 g/mol. The lowest BCUT2D eigenvalue weighted by Gasteiger charge is -2.36. The second kappa shape index (κ2) is 5.35. The summed E-state index contributed by atoms with van der Waals surface area (Å²) in [5, 5.41) is 7.41. The van der Waals surface area contributed by atoms with Gasteiger partial charge < -0.3 is 20.3 Å². The Kier molecular flexibility index (Phi) is 3.83. The van der Waals surface area contributed by atoms with Crippen LogP contribution in [0.3, 0.4) is 0 Å². The van der Waals surface area contributed by atoms with Gasteiger partial charge in [-0.05, 0) is 12.8 Å². The van der Waals surface area contributed by atoms with Crippen LogP contribution >= 0.6 is 0 Å². The number of hydrogen-bond donors (Lipinski definition) is 2. The normalized spacial score (nSPS) is 22.6. The van der Waals surface area contributed by atoms with Gasteiger partial charge in [0.2, 0.25) is 0 Å². The fraction of sp³-hybridized carbons (Fsp3) is 0.818. The monoisotopic (exact) mass is 240 g/mol. The van der Waals surface area contributed by atoms with Crippen LogP contribution in [0.15, 0.2) is 0 Å². The van der Waals surface area contributed by atoms with E-state index in [-0.39, 0.29) is 17.8 Å². The first-order valence-corrected chi connectivity index (χ1v) is 6.14. The number of nitrogens with two attached hydrogens (primary N) is 1. The number of amides is 2. The number of amidine groups is 1. The van der Waals surface area contributed by atoms with Gasteiger partial charge in [0.05, 0.1) is 19.0 Å². The molecule has 0 saturated carbocycles. The van der Waals surface area contributed by atoms with Gasteiger partial charge in [0.25, 0.3) is 0 Å². The molecule has 2 fully saturated rings. The quantitative estimate of drug-likeness (QED) is 0.503. The van der Waals surface area contributed by atoms with Gasteiger partial charge in [0.1, 0.15) is 0 Å². The number of carbonyl (C=O) groups is 1. The minimum atomic E-state index is 0.107. The van der Waals surface area contributed by atoms with Gasteiger partial charge in [0, 0.05) is 32.1 Å². The van der Waals surface area contributed by atoms with E-state index >= 15 is 0 Å². The third-order valence-corrected chi connectivity index (χ3v) is 3.49. The molecule has 2 aliphatic rings. The molecule has 96 valence electrons. The molecule has 0 aromatic carbocycles. The maximum absolute atomic E-state index is 12.1. The number of urea groups is 1. The Morgan fingerprint density at radius 3 is 2.18 bits per heavy atom. The van der Waals surface area contributed by atoms with E-state index in [2.05, 4.69) is 0 Å². The maximum atomic E-state index is 12.1. The fourth-order valence-corrected chi connectivity index (χ4v) is 2.34. The zero-order valence-electron chi connectivity index (χ0n) is 10.0. The van der Waals surface area contributed by atoms with Crippen LogP contribution in [0.1, 0.15) is 12.8 Å². The zero-order valence-corrected chi connectivity index (χ0v) is 10.0. The van der Waals surface area contributed by atoms with Crippen LogP contribution < -0.4 is 5.73 Å². The summed E-state index contributed by atoms with van der Waals surface area (Å²) in [5.41, 5.74) is 5.48. The first-order chi connectivity index (χ1) is 8.18. The van der Waals surface area contributed by atoms with Crippen LogP contribution in [0.4, 0.5) is 4.79 Å². The smallest absolute Gasteiger partial charge is 0.320 e. The third kappa shape index (κ3) is 2.88. The first kappa shape index (κ1) is 12.2. The Balaban J connectivity index is 1.83. The summed E-state index contributed by atoms with van der Waals surface area (Å²) < 4.78 is 5.23. The fourth-order valence-electron chi connectivity index (χ4n) is 2.34. The lowest BCUT2D eigenvalue weighted by atomic mass is 9.96. The average Bonchev–Trinajstić information content (AvgIpc) is 2.39. The lowest BCUT2D eigenvalue weighted by molar-refractivity contribution is 0.0410. The van der Waals surface area contributed by atoms with Crippen molar-refractivity contribution in [1.82, 2.24) is 9.80 Å². The molecular weight excluding hydrogens is 220 g/mol. The Hall–Kier alpha value is -1.30. The van der Waals surface area contributed by atoms with E-state index in [4.69, 9.17) is 15.9 Å². The maximum Gasteiger partial charge on any atom is 0.320 e. The van der Waals surface area contributed by atoms with E-state index < -0.39 is 0 Å². The molecule has 2 saturated heterocycles. The van der Waals surface area contributed by atoms with Crippen molar-refractivity contribution in [2.45, 2.75) is 12.8 Å². The molecule has 2 heterocycles. The van der Waals surface area contributed by atoms with Gasteiger partial charge in [-0.1, -0.05) is 0 Å². The molecular formula is C11H20N4O2. The van der Waals surface area contributed by atoms with E-state index in [1.807, 2.05) is 9.80 Å². The molecule has 0 radical (unpaired) electrons. The highest BCUT2D eigenvalue weighted by Gasteiger charge is 2.27. The molecule has 0 aromatic rings. The van der Waals surface area contributed by atoms with Crippen molar-refractivity contribution in [1.29, 1.82) is 5.41 Å². The summed E-state index contributed by atoms with van der Waals surface area (Å²) in [6.07, 6.45) is 1.62. The second-order valence-electron chi connectivity index (χ2n) is 4.60. The molecule has 0 unspecified atom stereocenters. The zero-order chi connectivity index (χ0) is 12.3. The van der Waals surface area contributed by atoms with Crippen LogP contribution in [0.25, 0.3) is 0 Å². The number of ether oxygens (including phenoxy) is 1. The van der Waals surface area contributed by atoms with Gasteiger partial charge >= 0.3 is 6.03 Å². The Morgan fingerprint density at radius 2 is 1.65 bits per heavy atom. The Bertz CT molecular complexity index is 294. The molecule has 6 nitrogen and oxygen atoms in total. The van der Waals surface area contributed by atoms with Gasteiger partial charge in [-0.3, -0.25) is 5.41 Å². The Labute approximate surface area is 101 Å². The molecule has 0 aliphatic carbocycles. The van der Waals surface area contributed by atoms with E-state index in [1.165, 1.54) is 0 Å². The predicted octanol–water partition coefficient (Wildman–Crippen LogP) is 0.0866. The summed E-state index contributed by atoms with van der Waals surface area (Å²) in [4.78, 5) is 15.9. The van der Waals surface area contributed by atoms with Crippen LogP contribution in [0.2, 0.25) is 0 Å². The number of carbonyl (C=O) groups excluding carboxylic acids is 1. The SMILES string of the molecule is N=C(N)C1CCN(C(=O)N2CCOCC2)CC1. The molecule has 0 atom stereocenters. The van der Waals surface area contributed by atoms with Crippen LogP contribution in [-0.2, 0) is 4.74 Å². The number of nitrogens with one attached hydrogen (secondary N) is 1. The molecule has 17 heavy (non-hydrogen) atoms. The van der Waals surface area contributed by atoms with Crippen molar-refractivity contribution in [3.63, 3.8) is 0 Å². The van der Waals surface area contributed by atoms with Gasteiger partial charge in [0.15, 0.2) is 0 Å². The Morgan fingerprint density at radius 1 is 1.12 bits per heavy atom. The van der Waals surface area contributed by atoms with E-state index in [0.717, 1.165) is 12.8 Å². The highest BCUT2D eigenvalue weighted by Crippen LogP contribution is 2.18. The number of hydrogen-bond acceptors (Lipinski definition) is 3. The molecule has 6 heteroatoms. The predicted molar refractivity (Wildman–Crippen MR) is 64.0 cm³/mol. The molecule has 2 rings (SSSR count). The van der Waals surface area contributed by atoms with Crippen molar-refractivity contribution in [2.24, 2.45) is 11.7 Å². The van der Waals surface area contributed by atoms with Crippen molar-refractivity contribution < 1.29 is 9.53 Å². The summed E-state index contributed by atoms with van der Waals surface area (Å²) in [5.74, 6) is 0.409. The molecule has 3 N–H and O–H groups in total. The van der Waals surface area contributed by atoms with Crippen molar-refractivity contribution in [3.8, 4) is 0 Å². The molecule has 2 aliphatic heterocycles. The van der Waals surface area contributed by atoms with Crippen molar-refractivity contribution in [2.75, 3.05) is 39.4 Å². The summed E-state index contributed by atoms with van der Waals surface area (Å²) in [6.45, 7) is 4.06. The van der Waals surface area contributed by atoms with Crippen LogP contribution in [0, 0.1) is 11.3 Å². The second-order valence-corrected chi connectivity index (χ2v) is 4.60.